The third-order valence-corrected chi connectivity index (χ3v) is 4.42. The molecule has 0 aliphatic heterocycles. The lowest BCUT2D eigenvalue weighted by Crippen LogP contribution is -1.95. The normalized spacial score (nSPS) is 12.5. The van der Waals surface area contributed by atoms with Crippen LogP contribution < -0.4 is 0 Å². The fourth-order valence-corrected chi connectivity index (χ4v) is 2.95. The lowest BCUT2D eigenvalue weighted by molar-refractivity contribution is 0.633. The number of hydrogen-bond acceptors (Lipinski definition) is 1. The standard InChI is InChI=1S/C21H23N/c1-16-8-11-19(12-9-16)17(2)5-3-6-18-10-13-21-20(15-18)7-4-14-22-21/h4,7-15,17H,3,5-6H2,1-2H3. The van der Waals surface area contributed by atoms with Gasteiger partial charge in [0.15, 0.2) is 0 Å². The molecule has 3 aromatic rings. The number of rotatable bonds is 5. The van der Waals surface area contributed by atoms with E-state index in [-0.39, 0.29) is 0 Å². The highest BCUT2D eigenvalue weighted by Crippen LogP contribution is 2.22. The van der Waals surface area contributed by atoms with Crippen molar-refractivity contribution in [3.63, 3.8) is 0 Å². The Morgan fingerprint density at radius 2 is 1.82 bits per heavy atom. The van der Waals surface area contributed by atoms with E-state index in [9.17, 15) is 0 Å². The second-order valence-electron chi connectivity index (χ2n) is 6.23. The molecule has 0 saturated carbocycles. The highest BCUT2D eigenvalue weighted by Gasteiger charge is 2.05. The summed E-state index contributed by atoms with van der Waals surface area (Å²) in [6.07, 6.45) is 5.45. The summed E-state index contributed by atoms with van der Waals surface area (Å²) in [7, 11) is 0. The smallest absolute Gasteiger partial charge is 0.0702 e. The van der Waals surface area contributed by atoms with Gasteiger partial charge in [-0.1, -0.05) is 48.9 Å². The topological polar surface area (TPSA) is 12.9 Å². The highest BCUT2D eigenvalue weighted by molar-refractivity contribution is 5.78. The van der Waals surface area contributed by atoms with Crippen LogP contribution in [0.4, 0.5) is 0 Å². The average Bonchev–Trinajstić information content (AvgIpc) is 2.55. The molecule has 0 radical (unpaired) electrons. The third kappa shape index (κ3) is 3.54. The molecule has 2 aromatic carbocycles. The molecule has 0 saturated heterocycles. The summed E-state index contributed by atoms with van der Waals surface area (Å²) in [5.41, 5.74) is 5.28. The summed E-state index contributed by atoms with van der Waals surface area (Å²) < 4.78 is 0. The predicted octanol–water partition coefficient (Wildman–Crippen LogP) is 5.67. The Kier molecular flexibility index (Phi) is 4.53. The molecule has 3 rings (SSSR count). The molecule has 1 heterocycles. The van der Waals surface area contributed by atoms with Crippen molar-refractivity contribution >= 4 is 10.9 Å². The minimum Gasteiger partial charge on any atom is -0.256 e. The molecule has 0 N–H and O–H groups in total. The van der Waals surface area contributed by atoms with Crippen molar-refractivity contribution in [2.24, 2.45) is 0 Å². The van der Waals surface area contributed by atoms with Crippen LogP contribution in [0.5, 0.6) is 0 Å². The van der Waals surface area contributed by atoms with Crippen LogP contribution in [0, 0.1) is 6.92 Å². The number of pyridine rings is 1. The van der Waals surface area contributed by atoms with E-state index in [2.05, 4.69) is 67.4 Å². The van der Waals surface area contributed by atoms with Crippen LogP contribution in [0.15, 0.2) is 60.8 Å². The number of nitrogens with zero attached hydrogens (tertiary/aromatic N) is 1. The van der Waals surface area contributed by atoms with Crippen LogP contribution in [-0.4, -0.2) is 4.98 Å². The molecule has 0 bridgehead atoms. The van der Waals surface area contributed by atoms with E-state index in [1.165, 1.54) is 34.9 Å². The van der Waals surface area contributed by atoms with Gasteiger partial charge in [0.05, 0.1) is 5.52 Å². The fraction of sp³-hybridized carbons (Fsp3) is 0.286. The number of aromatic nitrogens is 1. The fourth-order valence-electron chi connectivity index (χ4n) is 2.95. The Morgan fingerprint density at radius 3 is 2.64 bits per heavy atom. The number of benzene rings is 2. The SMILES string of the molecule is Cc1ccc(C(C)CCCc2ccc3ncccc3c2)cc1. The first-order valence-corrected chi connectivity index (χ1v) is 8.12. The monoisotopic (exact) mass is 289 g/mol. The van der Waals surface area contributed by atoms with E-state index in [0.717, 1.165) is 11.9 Å². The van der Waals surface area contributed by atoms with Crippen LogP contribution in [0.2, 0.25) is 0 Å². The lowest BCUT2D eigenvalue weighted by atomic mass is 9.93. The van der Waals surface area contributed by atoms with Gasteiger partial charge in [0, 0.05) is 11.6 Å². The molecule has 1 atom stereocenters. The van der Waals surface area contributed by atoms with Gasteiger partial charge < -0.3 is 0 Å². The van der Waals surface area contributed by atoms with Crippen molar-refractivity contribution in [1.82, 2.24) is 4.98 Å². The molecular weight excluding hydrogens is 266 g/mol. The largest absolute Gasteiger partial charge is 0.256 e. The van der Waals surface area contributed by atoms with Crippen molar-refractivity contribution in [3.8, 4) is 0 Å². The molecule has 1 heteroatoms. The molecule has 1 nitrogen and oxygen atoms in total. The van der Waals surface area contributed by atoms with Gasteiger partial charge in [0.1, 0.15) is 0 Å². The van der Waals surface area contributed by atoms with E-state index in [1.54, 1.807) is 0 Å². The molecule has 0 spiro atoms. The minimum atomic E-state index is 0.628. The molecule has 1 aromatic heterocycles. The zero-order valence-corrected chi connectivity index (χ0v) is 13.4. The molecule has 0 aliphatic carbocycles. The van der Waals surface area contributed by atoms with Gasteiger partial charge in [0.25, 0.3) is 0 Å². The van der Waals surface area contributed by atoms with Crippen molar-refractivity contribution in [2.75, 3.05) is 0 Å². The van der Waals surface area contributed by atoms with E-state index >= 15 is 0 Å². The summed E-state index contributed by atoms with van der Waals surface area (Å²) in [6.45, 7) is 4.47. The first-order valence-electron chi connectivity index (χ1n) is 8.12. The van der Waals surface area contributed by atoms with Crippen molar-refractivity contribution in [1.29, 1.82) is 0 Å². The van der Waals surface area contributed by atoms with Gasteiger partial charge in [-0.15, -0.1) is 0 Å². The van der Waals surface area contributed by atoms with Gasteiger partial charge in [0.2, 0.25) is 0 Å². The van der Waals surface area contributed by atoms with Crippen molar-refractivity contribution < 1.29 is 0 Å². The number of aryl methyl sites for hydroxylation is 2. The maximum absolute atomic E-state index is 4.38. The van der Waals surface area contributed by atoms with Crippen LogP contribution in [0.3, 0.4) is 0 Å². The highest BCUT2D eigenvalue weighted by atomic mass is 14.6. The quantitative estimate of drug-likeness (QED) is 0.589. The Morgan fingerprint density at radius 1 is 1.00 bits per heavy atom. The second kappa shape index (κ2) is 6.74. The minimum absolute atomic E-state index is 0.628. The van der Waals surface area contributed by atoms with E-state index < -0.39 is 0 Å². The maximum atomic E-state index is 4.38. The zero-order valence-electron chi connectivity index (χ0n) is 13.4. The van der Waals surface area contributed by atoms with Crippen LogP contribution in [0.25, 0.3) is 10.9 Å². The summed E-state index contributed by atoms with van der Waals surface area (Å²) >= 11 is 0. The third-order valence-electron chi connectivity index (χ3n) is 4.42. The number of hydrogen-bond donors (Lipinski definition) is 0. The Hall–Kier alpha value is -2.15. The van der Waals surface area contributed by atoms with Crippen LogP contribution >= 0.6 is 0 Å². The lowest BCUT2D eigenvalue weighted by Gasteiger charge is -2.12. The van der Waals surface area contributed by atoms with Gasteiger partial charge in [-0.25, -0.2) is 0 Å². The van der Waals surface area contributed by atoms with Gasteiger partial charge in [-0.05, 0) is 61.4 Å². The van der Waals surface area contributed by atoms with E-state index in [1.807, 2.05) is 12.3 Å². The molecule has 0 amide bonds. The first-order chi connectivity index (χ1) is 10.7. The second-order valence-corrected chi connectivity index (χ2v) is 6.23. The summed E-state index contributed by atoms with van der Waals surface area (Å²) in [4.78, 5) is 4.38. The zero-order chi connectivity index (χ0) is 15.4. The summed E-state index contributed by atoms with van der Waals surface area (Å²) in [5.74, 6) is 0.628. The Bertz CT molecular complexity index is 743. The summed E-state index contributed by atoms with van der Waals surface area (Å²) in [6, 6.07) is 19.7. The molecular formula is C21H23N. The van der Waals surface area contributed by atoms with E-state index in [0.29, 0.717) is 5.92 Å². The molecule has 22 heavy (non-hydrogen) atoms. The van der Waals surface area contributed by atoms with Gasteiger partial charge in [-0.3, -0.25) is 4.98 Å². The van der Waals surface area contributed by atoms with Gasteiger partial charge in [-0.2, -0.15) is 0 Å². The van der Waals surface area contributed by atoms with Crippen molar-refractivity contribution in [3.05, 3.63) is 77.5 Å². The summed E-state index contributed by atoms with van der Waals surface area (Å²) in [5, 5.41) is 1.24. The number of fused-ring (bicyclic) bond motifs is 1. The van der Waals surface area contributed by atoms with Crippen LogP contribution in [-0.2, 0) is 6.42 Å². The maximum Gasteiger partial charge on any atom is 0.0702 e. The van der Waals surface area contributed by atoms with Crippen LogP contribution in [0.1, 0.15) is 42.4 Å². The van der Waals surface area contributed by atoms with Crippen molar-refractivity contribution in [2.45, 2.75) is 39.0 Å². The Labute approximate surface area is 133 Å². The molecule has 112 valence electrons. The molecule has 0 aliphatic rings. The average molecular weight is 289 g/mol. The predicted molar refractivity (Wildman–Crippen MR) is 94.3 cm³/mol. The Balaban J connectivity index is 1.58. The first kappa shape index (κ1) is 14.8. The molecule has 1 unspecified atom stereocenters. The molecule has 0 fully saturated rings. The van der Waals surface area contributed by atoms with Gasteiger partial charge >= 0.3 is 0 Å². The van der Waals surface area contributed by atoms with E-state index in [4.69, 9.17) is 0 Å².